The Morgan fingerprint density at radius 2 is 1.76 bits per heavy atom. The van der Waals surface area contributed by atoms with Crippen LogP contribution in [0.1, 0.15) is 66.2 Å². The molecule has 0 heterocycles. The highest BCUT2D eigenvalue weighted by Gasteiger charge is 2.18. The van der Waals surface area contributed by atoms with Gasteiger partial charge in [0.2, 0.25) is 0 Å². The van der Waals surface area contributed by atoms with Crippen molar-refractivity contribution in [3.63, 3.8) is 0 Å². The van der Waals surface area contributed by atoms with Gasteiger partial charge in [0, 0.05) is 0 Å². The van der Waals surface area contributed by atoms with E-state index in [1.165, 1.54) is 16.7 Å². The zero-order chi connectivity index (χ0) is 13.2. The van der Waals surface area contributed by atoms with Gasteiger partial charge >= 0.3 is 5.97 Å². The van der Waals surface area contributed by atoms with Crippen molar-refractivity contribution in [2.24, 2.45) is 0 Å². The molecule has 0 bridgehead atoms. The summed E-state index contributed by atoms with van der Waals surface area (Å²) in [6, 6.07) is 1.87. The average Bonchev–Trinajstić information content (AvgIpc) is 2.27. The number of carboxylic acids is 1. The number of hydrogen-bond acceptors (Lipinski definition) is 1. The van der Waals surface area contributed by atoms with E-state index in [0.29, 0.717) is 11.5 Å². The molecule has 0 atom stereocenters. The summed E-state index contributed by atoms with van der Waals surface area (Å²) in [5.41, 5.74) is 5.13. The fraction of sp³-hybridized carbons (Fsp3) is 0.533. The molecule has 0 saturated heterocycles. The first kappa shape index (κ1) is 13.8. The van der Waals surface area contributed by atoms with Crippen LogP contribution >= 0.6 is 0 Å². The molecule has 0 spiro atoms. The number of carboxylic acid groups (broad SMARTS) is 1. The van der Waals surface area contributed by atoms with Crippen molar-refractivity contribution in [1.29, 1.82) is 0 Å². The molecule has 0 aliphatic rings. The quantitative estimate of drug-likeness (QED) is 0.856. The molecule has 94 valence electrons. The average molecular weight is 234 g/mol. The molecule has 2 nitrogen and oxygen atoms in total. The number of carbonyl (C=O) groups is 1. The summed E-state index contributed by atoms with van der Waals surface area (Å²) in [5.74, 6) is -0.442. The fourth-order valence-electron chi connectivity index (χ4n) is 2.56. The summed E-state index contributed by atoms with van der Waals surface area (Å²) >= 11 is 0. The lowest BCUT2D eigenvalue weighted by atomic mass is 9.85. The predicted octanol–water partition coefficient (Wildman–Crippen LogP) is 3.94. The Morgan fingerprint density at radius 3 is 2.12 bits per heavy atom. The molecule has 0 amide bonds. The van der Waals surface area contributed by atoms with E-state index in [1.54, 1.807) is 0 Å². The monoisotopic (exact) mass is 234 g/mol. The Hall–Kier alpha value is -1.31. The van der Waals surface area contributed by atoms with Crippen molar-refractivity contribution in [2.45, 2.75) is 53.4 Å². The molecule has 0 aromatic heterocycles. The lowest BCUT2D eigenvalue weighted by Gasteiger charge is -2.19. The van der Waals surface area contributed by atoms with Crippen LogP contribution in [0.3, 0.4) is 0 Å². The van der Waals surface area contributed by atoms with Crippen molar-refractivity contribution in [2.75, 3.05) is 0 Å². The molecular formula is C15H22O2. The molecule has 1 aromatic carbocycles. The van der Waals surface area contributed by atoms with Gasteiger partial charge < -0.3 is 5.11 Å². The Morgan fingerprint density at radius 1 is 1.24 bits per heavy atom. The summed E-state index contributed by atoms with van der Waals surface area (Å²) in [4.78, 5) is 11.3. The zero-order valence-corrected chi connectivity index (χ0v) is 11.4. The summed E-state index contributed by atoms with van der Waals surface area (Å²) in [6.07, 6.45) is 1.74. The Labute approximate surface area is 104 Å². The van der Waals surface area contributed by atoms with Gasteiger partial charge in [-0.2, -0.15) is 0 Å². The SMILES string of the molecule is CCc1c(C(=O)O)cc(C(C)C)c(CC)c1C. The van der Waals surface area contributed by atoms with Gasteiger partial charge in [-0.3, -0.25) is 0 Å². The summed E-state index contributed by atoms with van der Waals surface area (Å²) in [7, 11) is 0. The van der Waals surface area contributed by atoms with Crippen LogP contribution in [0, 0.1) is 6.92 Å². The van der Waals surface area contributed by atoms with Gasteiger partial charge in [-0.15, -0.1) is 0 Å². The third-order valence-corrected chi connectivity index (χ3v) is 3.44. The van der Waals surface area contributed by atoms with Gasteiger partial charge in [0.25, 0.3) is 0 Å². The van der Waals surface area contributed by atoms with Crippen molar-refractivity contribution in [3.05, 3.63) is 33.9 Å². The second kappa shape index (κ2) is 5.35. The number of rotatable bonds is 4. The predicted molar refractivity (Wildman–Crippen MR) is 71.0 cm³/mol. The minimum Gasteiger partial charge on any atom is -0.478 e. The molecule has 1 aromatic rings. The molecule has 0 aliphatic carbocycles. The van der Waals surface area contributed by atoms with Crippen molar-refractivity contribution in [3.8, 4) is 0 Å². The van der Waals surface area contributed by atoms with Gasteiger partial charge in [-0.05, 0) is 54.0 Å². The molecule has 1 N–H and O–H groups in total. The van der Waals surface area contributed by atoms with Crippen LogP contribution in [0.4, 0.5) is 0 Å². The normalized spacial score (nSPS) is 10.9. The Kier molecular flexibility index (Phi) is 4.33. The van der Waals surface area contributed by atoms with Crippen molar-refractivity contribution < 1.29 is 9.90 Å². The minimum atomic E-state index is -0.811. The van der Waals surface area contributed by atoms with Gasteiger partial charge in [0.15, 0.2) is 0 Å². The molecule has 17 heavy (non-hydrogen) atoms. The first-order chi connectivity index (χ1) is 7.93. The fourth-order valence-corrected chi connectivity index (χ4v) is 2.56. The Bertz CT molecular complexity index is 431. The molecule has 0 fully saturated rings. The molecule has 0 aliphatic heterocycles. The number of hydrogen-bond donors (Lipinski definition) is 1. The highest BCUT2D eigenvalue weighted by Crippen LogP contribution is 2.29. The van der Waals surface area contributed by atoms with Crippen molar-refractivity contribution >= 4 is 5.97 Å². The van der Waals surface area contributed by atoms with Gasteiger partial charge in [0.1, 0.15) is 0 Å². The van der Waals surface area contributed by atoms with Crippen LogP contribution in [-0.4, -0.2) is 11.1 Å². The number of benzene rings is 1. The molecule has 0 radical (unpaired) electrons. The molecule has 0 saturated carbocycles. The molecule has 1 rings (SSSR count). The van der Waals surface area contributed by atoms with Crippen LogP contribution in [-0.2, 0) is 12.8 Å². The lowest BCUT2D eigenvalue weighted by Crippen LogP contribution is -2.10. The first-order valence-corrected chi connectivity index (χ1v) is 6.32. The molecular weight excluding hydrogens is 212 g/mol. The molecule has 2 heteroatoms. The maximum absolute atomic E-state index is 11.3. The van der Waals surface area contributed by atoms with E-state index >= 15 is 0 Å². The number of aromatic carboxylic acids is 1. The topological polar surface area (TPSA) is 37.3 Å². The smallest absolute Gasteiger partial charge is 0.335 e. The summed E-state index contributed by atoms with van der Waals surface area (Å²) < 4.78 is 0. The van der Waals surface area contributed by atoms with Gasteiger partial charge in [0.05, 0.1) is 5.56 Å². The lowest BCUT2D eigenvalue weighted by molar-refractivity contribution is 0.0695. The van der Waals surface area contributed by atoms with Crippen LogP contribution < -0.4 is 0 Å². The third kappa shape index (κ3) is 2.51. The Balaban J connectivity index is 3.60. The maximum Gasteiger partial charge on any atom is 0.335 e. The van der Waals surface area contributed by atoms with E-state index in [-0.39, 0.29) is 0 Å². The third-order valence-electron chi connectivity index (χ3n) is 3.44. The van der Waals surface area contributed by atoms with Crippen LogP contribution in [0.2, 0.25) is 0 Å². The zero-order valence-electron chi connectivity index (χ0n) is 11.4. The van der Waals surface area contributed by atoms with Crippen LogP contribution in [0.5, 0.6) is 0 Å². The van der Waals surface area contributed by atoms with Gasteiger partial charge in [-0.1, -0.05) is 27.7 Å². The summed E-state index contributed by atoms with van der Waals surface area (Å²) in [5, 5.41) is 9.29. The second-order valence-electron chi connectivity index (χ2n) is 4.76. The van der Waals surface area contributed by atoms with E-state index in [9.17, 15) is 9.90 Å². The van der Waals surface area contributed by atoms with Crippen molar-refractivity contribution in [1.82, 2.24) is 0 Å². The van der Waals surface area contributed by atoms with Gasteiger partial charge in [-0.25, -0.2) is 4.79 Å². The van der Waals surface area contributed by atoms with Crippen LogP contribution in [0.15, 0.2) is 6.07 Å². The standard InChI is InChI=1S/C15H22O2/c1-6-11-10(5)12(7-2)14(15(16)17)8-13(11)9(3)4/h8-9H,6-7H2,1-5H3,(H,16,17). The van der Waals surface area contributed by atoms with Crippen LogP contribution in [0.25, 0.3) is 0 Å². The highest BCUT2D eigenvalue weighted by molar-refractivity contribution is 5.90. The minimum absolute atomic E-state index is 0.368. The van der Waals surface area contributed by atoms with E-state index in [1.807, 2.05) is 13.0 Å². The van der Waals surface area contributed by atoms with E-state index in [2.05, 4.69) is 27.7 Å². The summed E-state index contributed by atoms with van der Waals surface area (Å²) in [6.45, 7) is 10.4. The van der Waals surface area contributed by atoms with E-state index < -0.39 is 5.97 Å². The maximum atomic E-state index is 11.3. The largest absolute Gasteiger partial charge is 0.478 e. The highest BCUT2D eigenvalue weighted by atomic mass is 16.4. The second-order valence-corrected chi connectivity index (χ2v) is 4.76. The molecule has 0 unspecified atom stereocenters. The van der Waals surface area contributed by atoms with E-state index in [0.717, 1.165) is 18.4 Å². The first-order valence-electron chi connectivity index (χ1n) is 6.32. The van der Waals surface area contributed by atoms with E-state index in [4.69, 9.17) is 0 Å².